The number of nitrogens with one attached hydrogen (secondary N) is 1. The molecular formula is C20H23ClF2N2OS. The van der Waals surface area contributed by atoms with Gasteiger partial charge in [0.2, 0.25) is 0 Å². The highest BCUT2D eigenvalue weighted by atomic mass is 35.5. The normalized spacial score (nSPS) is 20.2. The summed E-state index contributed by atoms with van der Waals surface area (Å²) in [6.45, 7) is 3.94. The third-order valence-electron chi connectivity index (χ3n) is 5.79. The monoisotopic (exact) mass is 412 g/mol. The number of aryl methyl sites for hydroxylation is 1. The molecule has 1 atom stereocenters. The molecule has 2 heterocycles. The molecule has 0 bridgehead atoms. The number of hydrogen-bond acceptors (Lipinski definition) is 3. The van der Waals surface area contributed by atoms with E-state index in [-0.39, 0.29) is 40.9 Å². The second kappa shape index (κ2) is 7.86. The third-order valence-corrected chi connectivity index (χ3v) is 6.53. The van der Waals surface area contributed by atoms with E-state index in [4.69, 9.17) is 0 Å². The molecular weight excluding hydrogens is 390 g/mol. The fourth-order valence-electron chi connectivity index (χ4n) is 4.11. The number of hydrogen-bond donors (Lipinski definition) is 1. The summed E-state index contributed by atoms with van der Waals surface area (Å²) in [6.07, 6.45) is 3.04. The maximum atomic E-state index is 14.3. The van der Waals surface area contributed by atoms with Gasteiger partial charge < -0.3 is 10.2 Å². The molecule has 1 unspecified atom stereocenters. The van der Waals surface area contributed by atoms with Crippen molar-refractivity contribution in [1.29, 1.82) is 0 Å². The zero-order valence-electron chi connectivity index (χ0n) is 15.1. The highest BCUT2D eigenvalue weighted by Gasteiger charge is 2.57. The van der Waals surface area contributed by atoms with E-state index in [0.29, 0.717) is 6.54 Å². The van der Waals surface area contributed by atoms with Crippen LogP contribution in [0.25, 0.3) is 0 Å². The maximum absolute atomic E-state index is 14.3. The maximum Gasteiger partial charge on any atom is 0.257 e. The van der Waals surface area contributed by atoms with Gasteiger partial charge in [0.15, 0.2) is 0 Å². The van der Waals surface area contributed by atoms with Crippen LogP contribution in [0, 0.1) is 24.0 Å². The van der Waals surface area contributed by atoms with Gasteiger partial charge in [-0.25, -0.2) is 8.78 Å². The molecule has 1 aliphatic carbocycles. The van der Waals surface area contributed by atoms with Gasteiger partial charge in [-0.05, 0) is 78.7 Å². The summed E-state index contributed by atoms with van der Waals surface area (Å²) >= 11 is 1.58. The average Bonchev–Trinajstić information content (AvgIpc) is 3.06. The zero-order valence-corrected chi connectivity index (χ0v) is 16.8. The molecule has 146 valence electrons. The van der Waals surface area contributed by atoms with Crippen molar-refractivity contribution in [2.75, 3.05) is 13.1 Å². The van der Waals surface area contributed by atoms with E-state index in [1.807, 2.05) is 21.7 Å². The number of halogens is 3. The van der Waals surface area contributed by atoms with Gasteiger partial charge in [-0.15, -0.1) is 12.4 Å². The number of thiophene rings is 1. The molecule has 7 heteroatoms. The van der Waals surface area contributed by atoms with Crippen molar-refractivity contribution < 1.29 is 13.6 Å². The first-order chi connectivity index (χ1) is 12.5. The molecule has 1 aromatic carbocycles. The summed E-state index contributed by atoms with van der Waals surface area (Å²) in [5, 5.41) is 7.36. The Morgan fingerprint density at radius 3 is 2.70 bits per heavy atom. The highest BCUT2D eigenvalue weighted by Crippen LogP contribution is 2.56. The predicted molar refractivity (Wildman–Crippen MR) is 105 cm³/mol. The van der Waals surface area contributed by atoms with Crippen LogP contribution in [0.4, 0.5) is 8.78 Å². The van der Waals surface area contributed by atoms with Crippen LogP contribution in [-0.2, 0) is 6.54 Å². The van der Waals surface area contributed by atoms with Crippen molar-refractivity contribution >= 4 is 29.7 Å². The second-order valence-corrected chi connectivity index (χ2v) is 8.26. The number of rotatable bonds is 4. The number of nitrogens with zero attached hydrogens (tertiary/aromatic N) is 1. The van der Waals surface area contributed by atoms with E-state index in [9.17, 15) is 13.6 Å². The Hall–Kier alpha value is -1.50. The molecule has 1 saturated heterocycles. The number of benzene rings is 1. The van der Waals surface area contributed by atoms with Crippen LogP contribution in [-0.4, -0.2) is 29.9 Å². The van der Waals surface area contributed by atoms with Crippen molar-refractivity contribution in [1.82, 2.24) is 10.2 Å². The van der Waals surface area contributed by atoms with Gasteiger partial charge >= 0.3 is 0 Å². The molecule has 2 fully saturated rings. The summed E-state index contributed by atoms with van der Waals surface area (Å²) in [7, 11) is 0. The summed E-state index contributed by atoms with van der Waals surface area (Å²) in [6, 6.07) is 4.28. The van der Waals surface area contributed by atoms with E-state index in [1.54, 1.807) is 18.3 Å². The number of carbonyl (C=O) groups is 1. The molecule has 1 aliphatic heterocycles. The van der Waals surface area contributed by atoms with E-state index in [1.165, 1.54) is 6.07 Å². The number of piperidine rings is 1. The van der Waals surface area contributed by atoms with Crippen LogP contribution in [0.5, 0.6) is 0 Å². The van der Waals surface area contributed by atoms with E-state index < -0.39 is 11.6 Å². The predicted octanol–water partition coefficient (Wildman–Crippen LogP) is 4.54. The lowest BCUT2D eigenvalue weighted by Gasteiger charge is -2.30. The Morgan fingerprint density at radius 1 is 1.30 bits per heavy atom. The lowest BCUT2D eigenvalue weighted by Crippen LogP contribution is -2.39. The largest absolute Gasteiger partial charge is 0.331 e. The van der Waals surface area contributed by atoms with Crippen molar-refractivity contribution in [2.45, 2.75) is 38.8 Å². The highest BCUT2D eigenvalue weighted by molar-refractivity contribution is 7.07. The Kier molecular flexibility index (Phi) is 5.89. The molecule has 3 nitrogen and oxygen atoms in total. The van der Waals surface area contributed by atoms with E-state index >= 15 is 0 Å². The minimum absolute atomic E-state index is 0. The topological polar surface area (TPSA) is 32.3 Å². The van der Waals surface area contributed by atoms with Crippen LogP contribution < -0.4 is 5.32 Å². The molecule has 2 aliphatic rings. The van der Waals surface area contributed by atoms with Crippen molar-refractivity contribution in [3.05, 3.63) is 57.3 Å². The Balaban J connectivity index is 0.00000210. The van der Waals surface area contributed by atoms with Crippen LogP contribution >= 0.6 is 23.7 Å². The molecule has 1 aromatic heterocycles. The fourth-order valence-corrected chi connectivity index (χ4v) is 4.77. The molecule has 2 aromatic rings. The number of carbonyl (C=O) groups excluding carboxylic acids is 1. The minimum atomic E-state index is -0.784. The van der Waals surface area contributed by atoms with Gasteiger partial charge in [0.1, 0.15) is 11.6 Å². The summed E-state index contributed by atoms with van der Waals surface area (Å²) in [4.78, 5) is 15.0. The summed E-state index contributed by atoms with van der Waals surface area (Å²) in [5.74, 6) is -1.74. The van der Waals surface area contributed by atoms with Gasteiger partial charge in [0, 0.05) is 18.7 Å². The Bertz CT molecular complexity index is 822. The first kappa shape index (κ1) is 20.2. The second-order valence-electron chi connectivity index (χ2n) is 7.48. The SMILES string of the molecule is Cc1cc(C(=O)N(Cc2ccsc2)C2CC23CCNCC3)c(F)cc1F.Cl. The van der Waals surface area contributed by atoms with Gasteiger partial charge in [-0.3, -0.25) is 4.79 Å². The van der Waals surface area contributed by atoms with E-state index in [2.05, 4.69) is 5.32 Å². The molecule has 1 N–H and O–H groups in total. The van der Waals surface area contributed by atoms with Crippen molar-refractivity contribution in [3.8, 4) is 0 Å². The molecule has 1 amide bonds. The Morgan fingerprint density at radius 2 is 2.04 bits per heavy atom. The minimum Gasteiger partial charge on any atom is -0.331 e. The molecule has 1 saturated carbocycles. The molecule has 0 radical (unpaired) electrons. The fraction of sp³-hybridized carbons (Fsp3) is 0.450. The zero-order chi connectivity index (χ0) is 18.3. The molecule has 27 heavy (non-hydrogen) atoms. The van der Waals surface area contributed by atoms with Gasteiger partial charge in [0.05, 0.1) is 5.56 Å². The van der Waals surface area contributed by atoms with Crippen molar-refractivity contribution in [3.63, 3.8) is 0 Å². The molecule has 1 spiro atoms. The first-order valence-corrected chi connectivity index (χ1v) is 9.93. The standard InChI is InChI=1S/C20H22F2N2OS.ClH/c1-13-8-15(17(22)9-16(13)21)19(25)24(11-14-2-7-26-12-14)18-10-20(18)3-5-23-6-4-20;/h2,7-9,12,18,23H,3-6,10-11H2,1H3;1H. The van der Waals surface area contributed by atoms with Crippen molar-refractivity contribution in [2.24, 2.45) is 5.41 Å². The third kappa shape index (κ3) is 3.89. The van der Waals surface area contributed by atoms with Gasteiger partial charge in [-0.1, -0.05) is 0 Å². The van der Waals surface area contributed by atoms with Crippen LogP contribution in [0.1, 0.15) is 40.7 Å². The lowest BCUT2D eigenvalue weighted by molar-refractivity contribution is 0.0687. The smallest absolute Gasteiger partial charge is 0.257 e. The number of amides is 1. The quantitative estimate of drug-likeness (QED) is 0.799. The molecule has 4 rings (SSSR count). The van der Waals surface area contributed by atoms with E-state index in [0.717, 1.165) is 44.0 Å². The van der Waals surface area contributed by atoms with Crippen LogP contribution in [0.2, 0.25) is 0 Å². The summed E-state index contributed by atoms with van der Waals surface area (Å²) in [5.41, 5.74) is 1.47. The van der Waals surface area contributed by atoms with Gasteiger partial charge in [-0.2, -0.15) is 11.3 Å². The average molecular weight is 413 g/mol. The van der Waals surface area contributed by atoms with Crippen LogP contribution in [0.15, 0.2) is 29.0 Å². The first-order valence-electron chi connectivity index (χ1n) is 8.99. The summed E-state index contributed by atoms with van der Waals surface area (Å²) < 4.78 is 28.0. The van der Waals surface area contributed by atoms with Crippen LogP contribution in [0.3, 0.4) is 0 Å². The Labute approximate surface area is 168 Å². The lowest BCUT2D eigenvalue weighted by atomic mass is 9.93. The van der Waals surface area contributed by atoms with Gasteiger partial charge in [0.25, 0.3) is 5.91 Å².